The third kappa shape index (κ3) is 3.68. The average molecular weight is 602 g/mol. The Kier molecular flexibility index (Phi) is 5.66. The van der Waals surface area contributed by atoms with Crippen LogP contribution in [-0.2, 0) is 21.4 Å². The summed E-state index contributed by atoms with van der Waals surface area (Å²) in [7, 11) is -1.85. The van der Waals surface area contributed by atoms with Crippen LogP contribution in [-0.4, -0.2) is 59.1 Å². The van der Waals surface area contributed by atoms with Gasteiger partial charge >= 0.3 is 0 Å². The molecule has 0 saturated heterocycles. The van der Waals surface area contributed by atoms with E-state index in [1.807, 2.05) is 37.9 Å². The Hall–Kier alpha value is -2.13. The van der Waals surface area contributed by atoms with Crippen molar-refractivity contribution in [1.82, 2.24) is 14.5 Å². The van der Waals surface area contributed by atoms with Crippen LogP contribution in [0.4, 0.5) is 0 Å². The van der Waals surface area contributed by atoms with E-state index in [0.29, 0.717) is 29.3 Å². The summed E-state index contributed by atoms with van der Waals surface area (Å²) in [5, 5.41) is 4.42. The monoisotopic (exact) mass is 600 g/mol. The maximum atomic E-state index is 14.0. The molecule has 9 rings (SSSR count). The zero-order chi connectivity index (χ0) is 28.3. The van der Waals surface area contributed by atoms with Crippen LogP contribution in [0.1, 0.15) is 57.9 Å². The third-order valence-corrected chi connectivity index (χ3v) is 13.0. The number of benzene rings is 2. The van der Waals surface area contributed by atoms with Gasteiger partial charge in [0.15, 0.2) is 6.04 Å². The molecule has 6 fully saturated rings. The van der Waals surface area contributed by atoms with Gasteiger partial charge in [0.05, 0.1) is 20.5 Å². The molecule has 4 bridgehead atoms. The van der Waals surface area contributed by atoms with Crippen LogP contribution in [0.3, 0.4) is 0 Å². The summed E-state index contributed by atoms with van der Waals surface area (Å²) in [5.74, 6) is 1.73. The Labute approximate surface area is 246 Å². The van der Waals surface area contributed by atoms with Crippen LogP contribution >= 0.6 is 23.2 Å². The molecule has 212 valence electrons. The maximum absolute atomic E-state index is 14.0. The minimum absolute atomic E-state index is 0.0490. The van der Waals surface area contributed by atoms with Gasteiger partial charge in [-0.2, -0.15) is 4.31 Å². The van der Waals surface area contributed by atoms with E-state index in [9.17, 15) is 13.2 Å². The first-order valence-corrected chi connectivity index (χ1v) is 16.2. The predicted molar refractivity (Wildman–Crippen MR) is 156 cm³/mol. The van der Waals surface area contributed by atoms with Crippen molar-refractivity contribution in [3.63, 3.8) is 0 Å². The van der Waals surface area contributed by atoms with E-state index in [0.717, 1.165) is 36.6 Å². The summed E-state index contributed by atoms with van der Waals surface area (Å²) in [6, 6.07) is 13.4. The number of amidine groups is 1. The molecule has 2 aromatic carbocycles. The fraction of sp³-hybridized carbons (Fsp3) is 0.533. The van der Waals surface area contributed by atoms with Gasteiger partial charge in [-0.1, -0.05) is 47.5 Å². The number of likely N-dealkylation sites (N-methyl/N-ethyl adjacent to an activating group) is 1. The molecule has 0 unspecified atom stereocenters. The van der Waals surface area contributed by atoms with Gasteiger partial charge in [-0.25, -0.2) is 8.42 Å². The van der Waals surface area contributed by atoms with Gasteiger partial charge in [-0.05, 0) is 88.1 Å². The summed E-state index contributed by atoms with van der Waals surface area (Å²) < 4.78 is 29.6. The van der Waals surface area contributed by atoms with Crippen LogP contribution in [0.5, 0.6) is 0 Å². The van der Waals surface area contributed by atoms with Crippen LogP contribution < -0.4 is 5.32 Å². The molecule has 1 aliphatic heterocycles. The molecule has 0 aromatic heterocycles. The Morgan fingerprint density at radius 3 is 2.23 bits per heavy atom. The molecule has 1 atom stereocenters. The Morgan fingerprint density at radius 2 is 1.65 bits per heavy atom. The van der Waals surface area contributed by atoms with E-state index in [2.05, 4.69) is 5.32 Å². The van der Waals surface area contributed by atoms with E-state index in [1.54, 1.807) is 40.7 Å². The Morgan fingerprint density at radius 1 is 1.00 bits per heavy atom. The highest BCUT2D eigenvalue weighted by molar-refractivity contribution is 7.89. The Bertz CT molecular complexity index is 1520. The number of sulfonamides is 1. The van der Waals surface area contributed by atoms with Crippen molar-refractivity contribution in [2.24, 2.45) is 16.3 Å². The first-order valence-electron chi connectivity index (χ1n) is 14.0. The highest BCUT2D eigenvalue weighted by Crippen LogP contribution is 2.71. The van der Waals surface area contributed by atoms with E-state index >= 15 is 0 Å². The molecule has 10 heteroatoms. The number of aliphatic imine (C=N–C) groups is 1. The minimum atomic E-state index is -3.78. The van der Waals surface area contributed by atoms with Crippen molar-refractivity contribution in [2.45, 2.75) is 86.5 Å². The van der Waals surface area contributed by atoms with Crippen molar-refractivity contribution in [1.29, 1.82) is 0 Å². The fourth-order valence-electron chi connectivity index (χ4n) is 7.87. The largest absolute Gasteiger partial charge is 0.366 e. The highest BCUT2D eigenvalue weighted by Gasteiger charge is 2.75. The second kappa shape index (κ2) is 8.46. The van der Waals surface area contributed by atoms with Gasteiger partial charge in [0, 0.05) is 30.1 Å². The lowest BCUT2D eigenvalue weighted by molar-refractivity contribution is -0.168. The fourth-order valence-corrected chi connectivity index (χ4v) is 9.97. The number of nitrogens with one attached hydrogen (secondary N) is 1. The number of hydrogen-bond donors (Lipinski definition) is 1. The smallest absolute Gasteiger partial charge is 0.250 e. The van der Waals surface area contributed by atoms with Crippen molar-refractivity contribution in [3.8, 4) is 0 Å². The molecule has 0 radical (unpaired) electrons. The zero-order valence-corrected chi connectivity index (χ0v) is 25.3. The first kappa shape index (κ1) is 26.7. The molecule has 2 aromatic rings. The lowest BCUT2D eigenvalue weighted by atomic mass is 9.38. The summed E-state index contributed by atoms with van der Waals surface area (Å²) in [6.07, 6.45) is 5.34. The predicted octanol–water partition coefficient (Wildman–Crippen LogP) is 5.27. The van der Waals surface area contributed by atoms with Crippen molar-refractivity contribution in [3.05, 3.63) is 64.1 Å². The first-order chi connectivity index (χ1) is 18.8. The SMILES string of the molecule is CN(C(=O)[C@@H]1N=C(C23CC(N(Cc4ccc(Cl)c(Cl)c4)S(=O)(=O)c4ccccc4)(C2)C3)NC1(C)C)C12CC(C1)C2. The van der Waals surface area contributed by atoms with Crippen LogP contribution in [0.15, 0.2) is 58.4 Å². The molecular formula is C30H34Cl2N4O3S. The summed E-state index contributed by atoms with van der Waals surface area (Å²) in [4.78, 5) is 20.8. The lowest BCUT2D eigenvalue weighted by Gasteiger charge is -2.73. The van der Waals surface area contributed by atoms with Crippen molar-refractivity contribution < 1.29 is 13.2 Å². The molecule has 7 nitrogen and oxygen atoms in total. The van der Waals surface area contributed by atoms with Gasteiger partial charge < -0.3 is 10.2 Å². The quantitative estimate of drug-likeness (QED) is 0.447. The molecule has 1 heterocycles. The highest BCUT2D eigenvalue weighted by atomic mass is 35.5. The third-order valence-electron chi connectivity index (χ3n) is 10.3. The summed E-state index contributed by atoms with van der Waals surface area (Å²) in [6.45, 7) is 4.28. The standard InChI is InChI=1S/C30H34Cl2N4O3S/c1-27(2)24(25(37)35(3)29-12-20(13-29)14-29)33-26(34-27)28-16-30(17-28,18-28)36(15-19-9-10-22(31)23(32)11-19)40(38,39)21-7-5-4-6-8-21/h4-11,20,24H,12-18H2,1-3H3,(H,33,34)/t20?,24-,28?,29?,30?/m0/s1. The summed E-state index contributed by atoms with van der Waals surface area (Å²) in [5.41, 5.74) is -0.411. The number of nitrogens with zero attached hydrogens (tertiary/aromatic N) is 3. The van der Waals surface area contributed by atoms with Crippen molar-refractivity contribution in [2.75, 3.05) is 7.05 Å². The molecule has 1 amide bonds. The molecule has 0 spiro atoms. The zero-order valence-electron chi connectivity index (χ0n) is 23.0. The lowest BCUT2D eigenvalue weighted by Crippen LogP contribution is -2.78. The minimum Gasteiger partial charge on any atom is -0.366 e. The number of carbonyl (C=O) groups is 1. The van der Waals surface area contributed by atoms with Gasteiger partial charge in [-0.3, -0.25) is 9.79 Å². The molecular weight excluding hydrogens is 567 g/mol. The molecule has 6 aliphatic carbocycles. The molecule has 40 heavy (non-hydrogen) atoms. The Balaban J connectivity index is 1.15. The van der Waals surface area contributed by atoms with E-state index in [1.165, 1.54) is 0 Å². The number of hydrogen-bond acceptors (Lipinski definition) is 5. The van der Waals surface area contributed by atoms with E-state index in [-0.39, 0.29) is 28.3 Å². The topological polar surface area (TPSA) is 82.1 Å². The number of rotatable bonds is 8. The normalized spacial score (nSPS) is 34.5. The maximum Gasteiger partial charge on any atom is 0.250 e. The molecule has 7 aliphatic rings. The number of carbonyl (C=O) groups excluding carboxylic acids is 1. The van der Waals surface area contributed by atoms with E-state index < -0.39 is 27.1 Å². The molecule has 1 N–H and O–H groups in total. The van der Waals surface area contributed by atoms with Gasteiger partial charge in [0.1, 0.15) is 5.84 Å². The number of amides is 1. The second-order valence-electron chi connectivity index (χ2n) is 13.4. The average Bonchev–Trinajstić information content (AvgIpc) is 3.11. The van der Waals surface area contributed by atoms with Crippen molar-refractivity contribution >= 4 is 45.0 Å². The number of halogens is 2. The van der Waals surface area contributed by atoms with Crippen LogP contribution in [0.2, 0.25) is 10.0 Å². The van der Waals surface area contributed by atoms with Crippen LogP contribution in [0.25, 0.3) is 0 Å². The van der Waals surface area contributed by atoms with Gasteiger partial charge in [0.2, 0.25) is 15.9 Å². The van der Waals surface area contributed by atoms with Gasteiger partial charge in [-0.15, -0.1) is 0 Å². The van der Waals surface area contributed by atoms with Gasteiger partial charge in [0.25, 0.3) is 0 Å². The van der Waals surface area contributed by atoms with E-state index in [4.69, 9.17) is 28.2 Å². The second-order valence-corrected chi connectivity index (χ2v) is 16.1. The van der Waals surface area contributed by atoms with Crippen LogP contribution in [0, 0.1) is 11.3 Å². The summed E-state index contributed by atoms with van der Waals surface area (Å²) >= 11 is 12.4. The molecule has 6 saturated carbocycles.